The largest absolute Gasteiger partial charge is 0.316 e. The van der Waals surface area contributed by atoms with Crippen LogP contribution in [0.2, 0.25) is 0 Å². The highest BCUT2D eigenvalue weighted by Crippen LogP contribution is 2.43. The molecular weight excluding hydrogens is 342 g/mol. The van der Waals surface area contributed by atoms with E-state index in [1.54, 1.807) is 10.4 Å². The van der Waals surface area contributed by atoms with E-state index in [2.05, 4.69) is 42.6 Å². The molecule has 26 heavy (non-hydrogen) atoms. The fourth-order valence-corrected chi connectivity index (χ4v) is 5.22. The summed E-state index contributed by atoms with van der Waals surface area (Å²) in [5, 5.41) is 13.2. The Kier molecular flexibility index (Phi) is 4.88. The van der Waals surface area contributed by atoms with E-state index in [4.69, 9.17) is 4.99 Å². The second kappa shape index (κ2) is 7.16. The SMILES string of the molecule is Cc1cc(C)n(C2=N[C@@H](NCCC(C)C)c3c(sc4c3CCCC4)N2)n1. The summed E-state index contributed by atoms with van der Waals surface area (Å²) in [5.74, 6) is 1.53. The van der Waals surface area contributed by atoms with Crippen molar-refractivity contribution in [3.8, 4) is 0 Å². The van der Waals surface area contributed by atoms with Crippen molar-refractivity contribution in [2.24, 2.45) is 10.9 Å². The topological polar surface area (TPSA) is 54.2 Å². The molecule has 0 saturated heterocycles. The summed E-state index contributed by atoms with van der Waals surface area (Å²) in [5.41, 5.74) is 5.06. The average molecular weight is 372 g/mol. The van der Waals surface area contributed by atoms with Gasteiger partial charge in [0.15, 0.2) is 0 Å². The van der Waals surface area contributed by atoms with Gasteiger partial charge in [0.1, 0.15) is 11.2 Å². The van der Waals surface area contributed by atoms with Gasteiger partial charge in [0.05, 0.1) is 5.69 Å². The maximum absolute atomic E-state index is 5.05. The molecule has 3 heterocycles. The molecule has 5 nitrogen and oxygen atoms in total. The van der Waals surface area contributed by atoms with Crippen molar-refractivity contribution in [3.05, 3.63) is 33.5 Å². The van der Waals surface area contributed by atoms with Crippen LogP contribution in [-0.2, 0) is 12.8 Å². The minimum Gasteiger partial charge on any atom is -0.316 e. The molecule has 0 bridgehead atoms. The minimum absolute atomic E-state index is 0.0296. The third-order valence-corrected chi connectivity index (χ3v) is 6.45. The van der Waals surface area contributed by atoms with E-state index < -0.39 is 0 Å². The van der Waals surface area contributed by atoms with Gasteiger partial charge in [-0.05, 0) is 70.0 Å². The van der Waals surface area contributed by atoms with E-state index in [9.17, 15) is 0 Å². The lowest BCUT2D eigenvalue weighted by Crippen LogP contribution is -2.33. The van der Waals surface area contributed by atoms with Gasteiger partial charge in [-0.15, -0.1) is 11.3 Å². The lowest BCUT2D eigenvalue weighted by molar-refractivity contribution is 0.483. The molecule has 2 aliphatic rings. The number of anilines is 1. The summed E-state index contributed by atoms with van der Waals surface area (Å²) in [6.07, 6.45) is 6.20. The molecule has 2 aromatic heterocycles. The van der Waals surface area contributed by atoms with Crippen LogP contribution in [0.1, 0.15) is 66.7 Å². The van der Waals surface area contributed by atoms with Gasteiger partial charge in [-0.25, -0.2) is 9.67 Å². The van der Waals surface area contributed by atoms with Crippen LogP contribution in [0.5, 0.6) is 0 Å². The first-order valence-corrected chi connectivity index (χ1v) is 10.6. The van der Waals surface area contributed by atoms with Crippen LogP contribution < -0.4 is 10.6 Å². The van der Waals surface area contributed by atoms with E-state index in [0.717, 1.165) is 30.3 Å². The van der Waals surface area contributed by atoms with Crippen molar-refractivity contribution < 1.29 is 0 Å². The maximum Gasteiger partial charge on any atom is 0.226 e. The summed E-state index contributed by atoms with van der Waals surface area (Å²) < 4.78 is 1.94. The van der Waals surface area contributed by atoms with Gasteiger partial charge in [-0.2, -0.15) is 5.10 Å². The van der Waals surface area contributed by atoms with Crippen LogP contribution in [0.3, 0.4) is 0 Å². The number of rotatable bonds is 4. The fraction of sp³-hybridized carbons (Fsp3) is 0.600. The normalized spacial score (nSPS) is 19.1. The van der Waals surface area contributed by atoms with Crippen LogP contribution in [0, 0.1) is 19.8 Å². The van der Waals surface area contributed by atoms with Gasteiger partial charge < -0.3 is 5.32 Å². The van der Waals surface area contributed by atoms with E-state index in [-0.39, 0.29) is 6.17 Å². The van der Waals surface area contributed by atoms with Crippen molar-refractivity contribution in [1.82, 2.24) is 15.1 Å². The molecule has 0 saturated carbocycles. The zero-order valence-electron chi connectivity index (χ0n) is 16.2. The molecule has 0 fully saturated rings. The number of aromatic nitrogens is 2. The Morgan fingerprint density at radius 2 is 2.12 bits per heavy atom. The fourth-order valence-electron chi connectivity index (χ4n) is 3.90. The van der Waals surface area contributed by atoms with E-state index in [1.807, 2.05) is 22.9 Å². The van der Waals surface area contributed by atoms with Gasteiger partial charge >= 0.3 is 0 Å². The number of aliphatic imine (C=N–C) groups is 1. The molecule has 1 aliphatic carbocycles. The third-order valence-electron chi connectivity index (χ3n) is 5.23. The Hall–Kier alpha value is -1.66. The first-order valence-electron chi connectivity index (χ1n) is 9.79. The maximum atomic E-state index is 5.05. The highest BCUT2D eigenvalue weighted by Gasteiger charge is 2.31. The zero-order chi connectivity index (χ0) is 18.3. The molecule has 4 rings (SSSR count). The Bertz CT molecular complexity index is 830. The molecule has 0 spiro atoms. The Balaban J connectivity index is 1.69. The molecule has 6 heteroatoms. The highest BCUT2D eigenvalue weighted by atomic mass is 32.1. The second-order valence-electron chi connectivity index (χ2n) is 7.91. The Morgan fingerprint density at radius 3 is 2.85 bits per heavy atom. The van der Waals surface area contributed by atoms with Gasteiger partial charge in [-0.1, -0.05) is 13.8 Å². The number of fused-ring (bicyclic) bond motifs is 3. The number of nitrogens with zero attached hydrogens (tertiary/aromatic N) is 3. The van der Waals surface area contributed by atoms with Crippen LogP contribution in [0.25, 0.3) is 0 Å². The summed E-state index contributed by atoms with van der Waals surface area (Å²) in [4.78, 5) is 6.60. The van der Waals surface area contributed by atoms with Gasteiger partial charge in [0.2, 0.25) is 5.96 Å². The standard InChI is InChI=1S/C20H29N5S/c1-12(2)9-10-21-18-17-15-7-5-6-8-16(15)26-19(17)23-20(22-18)25-14(4)11-13(3)24-25/h11-12,18,21H,5-10H2,1-4H3,(H,22,23)/t18-/m1/s1. The van der Waals surface area contributed by atoms with Gasteiger partial charge in [-0.3, -0.25) is 5.32 Å². The van der Waals surface area contributed by atoms with Gasteiger partial charge in [0.25, 0.3) is 0 Å². The molecule has 0 aromatic carbocycles. The average Bonchev–Trinajstić information content (AvgIpc) is 3.13. The molecule has 0 amide bonds. The van der Waals surface area contributed by atoms with E-state index in [1.165, 1.54) is 36.2 Å². The molecule has 1 aliphatic heterocycles. The van der Waals surface area contributed by atoms with E-state index in [0.29, 0.717) is 5.92 Å². The molecule has 0 radical (unpaired) electrons. The molecule has 140 valence electrons. The smallest absolute Gasteiger partial charge is 0.226 e. The molecule has 2 aromatic rings. The summed E-state index contributed by atoms with van der Waals surface area (Å²) in [7, 11) is 0. The quantitative estimate of drug-likeness (QED) is 0.837. The van der Waals surface area contributed by atoms with Crippen molar-refractivity contribution in [1.29, 1.82) is 0 Å². The first-order chi connectivity index (χ1) is 12.5. The number of nitrogens with one attached hydrogen (secondary N) is 2. The van der Waals surface area contributed by atoms with Crippen molar-refractivity contribution >= 4 is 22.3 Å². The third kappa shape index (κ3) is 3.32. The predicted molar refractivity (Wildman–Crippen MR) is 109 cm³/mol. The number of aryl methyl sites for hydroxylation is 3. The second-order valence-corrected chi connectivity index (χ2v) is 9.01. The molecule has 2 N–H and O–H groups in total. The Morgan fingerprint density at radius 1 is 1.31 bits per heavy atom. The van der Waals surface area contributed by atoms with Crippen LogP contribution in [0.4, 0.5) is 5.00 Å². The summed E-state index contributed by atoms with van der Waals surface area (Å²) in [6, 6.07) is 2.10. The molecule has 1 atom stereocenters. The first kappa shape index (κ1) is 17.7. The van der Waals surface area contributed by atoms with Crippen molar-refractivity contribution in [3.63, 3.8) is 0 Å². The Labute approximate surface area is 159 Å². The van der Waals surface area contributed by atoms with E-state index >= 15 is 0 Å². The number of hydrogen-bond donors (Lipinski definition) is 2. The number of thiophene rings is 1. The van der Waals surface area contributed by atoms with Crippen LogP contribution >= 0.6 is 11.3 Å². The monoisotopic (exact) mass is 371 g/mol. The minimum atomic E-state index is 0.0296. The van der Waals surface area contributed by atoms with Crippen molar-refractivity contribution in [2.45, 2.75) is 66.0 Å². The zero-order valence-corrected chi connectivity index (χ0v) is 17.0. The van der Waals surface area contributed by atoms with Crippen LogP contribution in [0.15, 0.2) is 11.1 Å². The lowest BCUT2D eigenvalue weighted by atomic mass is 9.94. The van der Waals surface area contributed by atoms with Gasteiger partial charge in [0, 0.05) is 16.1 Å². The molecular formula is C20H29N5S. The summed E-state index contributed by atoms with van der Waals surface area (Å²) in [6.45, 7) is 9.64. The van der Waals surface area contributed by atoms with Crippen molar-refractivity contribution in [2.75, 3.05) is 11.9 Å². The summed E-state index contributed by atoms with van der Waals surface area (Å²) >= 11 is 1.92. The van der Waals surface area contributed by atoms with Crippen LogP contribution in [-0.4, -0.2) is 22.3 Å². The predicted octanol–water partition coefficient (Wildman–Crippen LogP) is 4.40. The number of hydrogen-bond acceptors (Lipinski definition) is 5. The lowest BCUT2D eigenvalue weighted by Gasteiger charge is -2.26. The molecule has 0 unspecified atom stereocenters. The highest BCUT2D eigenvalue weighted by molar-refractivity contribution is 7.16.